The Morgan fingerprint density at radius 2 is 1.23 bits per heavy atom. The summed E-state index contributed by atoms with van der Waals surface area (Å²) in [5.74, 6) is -3.55. The molecule has 35 heavy (non-hydrogen) atoms. The van der Waals surface area contributed by atoms with E-state index in [1.165, 1.54) is 95.6 Å². The molecule has 0 aliphatic rings. The van der Waals surface area contributed by atoms with Crippen molar-refractivity contribution in [2.75, 3.05) is 17.2 Å². The fraction of sp³-hybridized carbons (Fsp3) is 0.667. The van der Waals surface area contributed by atoms with Crippen molar-refractivity contribution < 1.29 is 29.3 Å². The topological polar surface area (TPSA) is 113 Å². The zero-order valence-electron chi connectivity index (χ0n) is 20.8. The van der Waals surface area contributed by atoms with E-state index >= 15 is 0 Å². The highest BCUT2D eigenvalue weighted by Gasteiger charge is 2.23. The summed E-state index contributed by atoms with van der Waals surface area (Å²) in [6, 6.07) is 6.48. The summed E-state index contributed by atoms with van der Waals surface area (Å²) in [6.45, 7) is 0.847. The molecule has 198 valence electrons. The van der Waals surface area contributed by atoms with Crippen LogP contribution in [-0.4, -0.2) is 46.1 Å². The maximum Gasteiger partial charge on any atom is 0.345 e. The Labute approximate surface area is 218 Å². The first-order valence-corrected chi connectivity index (χ1v) is 14.1. The summed E-state index contributed by atoms with van der Waals surface area (Å²) in [5, 5.41) is 22.4. The number of benzene rings is 1. The lowest BCUT2D eigenvalue weighted by molar-refractivity contribution is -0.153. The number of carbonyl (C=O) groups is 3. The number of carbonyl (C=O) groups excluding carboxylic acids is 2. The minimum Gasteiger partial charge on any atom is -0.481 e. The smallest absolute Gasteiger partial charge is 0.345 e. The van der Waals surface area contributed by atoms with Gasteiger partial charge in [0.25, 0.3) is 0 Å². The standard InChI is InChI=1S/C27H42BrNO6/c28-19-13-11-9-7-5-3-1-2-4-6-8-10-12-14-20-29-23-17-15-22(16-18-23)26(33)35-27(34)24(30)21-25(31)32/h15-18,24,29-30H,1-14,19-21H2,(H,31,32). The number of aliphatic hydroxyl groups is 1. The minimum atomic E-state index is -1.87. The number of unbranched alkanes of at least 4 members (excludes halogenated alkanes) is 13. The van der Waals surface area contributed by atoms with Crippen LogP contribution >= 0.6 is 15.9 Å². The Bertz CT molecular complexity index is 725. The van der Waals surface area contributed by atoms with Gasteiger partial charge >= 0.3 is 17.9 Å². The van der Waals surface area contributed by atoms with Crippen LogP contribution in [0.15, 0.2) is 24.3 Å². The van der Waals surface area contributed by atoms with Gasteiger partial charge in [-0.05, 0) is 37.1 Å². The van der Waals surface area contributed by atoms with Crippen LogP contribution in [0.4, 0.5) is 5.69 Å². The summed E-state index contributed by atoms with van der Waals surface area (Å²) in [4.78, 5) is 34.0. The van der Waals surface area contributed by atoms with Crippen LogP contribution in [0.1, 0.15) is 107 Å². The van der Waals surface area contributed by atoms with Crippen LogP contribution in [0.3, 0.4) is 0 Å². The van der Waals surface area contributed by atoms with Gasteiger partial charge in [0.05, 0.1) is 12.0 Å². The Balaban J connectivity index is 2.02. The van der Waals surface area contributed by atoms with Crippen molar-refractivity contribution in [1.82, 2.24) is 0 Å². The zero-order valence-corrected chi connectivity index (χ0v) is 22.4. The molecule has 0 saturated carbocycles. The van der Waals surface area contributed by atoms with Crippen LogP contribution in [-0.2, 0) is 14.3 Å². The van der Waals surface area contributed by atoms with Crippen LogP contribution in [0.25, 0.3) is 0 Å². The van der Waals surface area contributed by atoms with E-state index in [9.17, 15) is 19.5 Å². The summed E-state index contributed by atoms with van der Waals surface area (Å²) in [6.07, 6.45) is 15.8. The van der Waals surface area contributed by atoms with Crippen molar-refractivity contribution in [1.29, 1.82) is 0 Å². The molecule has 0 bridgehead atoms. The maximum absolute atomic E-state index is 12.0. The van der Waals surface area contributed by atoms with E-state index in [0.717, 1.165) is 24.0 Å². The number of rotatable bonds is 21. The highest BCUT2D eigenvalue weighted by Crippen LogP contribution is 2.14. The molecule has 3 N–H and O–H groups in total. The van der Waals surface area contributed by atoms with Crippen molar-refractivity contribution in [2.45, 2.75) is 102 Å². The van der Waals surface area contributed by atoms with E-state index in [-0.39, 0.29) is 5.56 Å². The fourth-order valence-electron chi connectivity index (χ4n) is 3.76. The second-order valence-corrected chi connectivity index (χ2v) is 9.76. The number of aliphatic hydroxyl groups excluding tert-OH is 1. The van der Waals surface area contributed by atoms with Gasteiger partial charge in [0.15, 0.2) is 6.10 Å². The predicted octanol–water partition coefficient (Wildman–Crippen LogP) is 6.47. The number of alkyl halides is 1. The third-order valence-electron chi connectivity index (χ3n) is 5.84. The zero-order chi connectivity index (χ0) is 25.7. The quantitative estimate of drug-likeness (QED) is 0.0688. The molecule has 7 nitrogen and oxygen atoms in total. The van der Waals surface area contributed by atoms with Gasteiger partial charge < -0.3 is 20.3 Å². The highest BCUT2D eigenvalue weighted by molar-refractivity contribution is 9.09. The third-order valence-corrected chi connectivity index (χ3v) is 6.40. The molecule has 0 radical (unpaired) electrons. The minimum absolute atomic E-state index is 0.150. The molecule has 0 fully saturated rings. The van der Waals surface area contributed by atoms with Crippen molar-refractivity contribution >= 4 is 39.5 Å². The molecular formula is C27H42BrNO6. The van der Waals surface area contributed by atoms with Gasteiger partial charge in [-0.25, -0.2) is 9.59 Å². The number of hydrogen-bond acceptors (Lipinski definition) is 6. The molecule has 0 heterocycles. The monoisotopic (exact) mass is 555 g/mol. The number of halogens is 1. The molecule has 0 aliphatic heterocycles. The summed E-state index contributed by atoms with van der Waals surface area (Å²) < 4.78 is 4.52. The van der Waals surface area contributed by atoms with Gasteiger partial charge in [0.1, 0.15) is 0 Å². The Hall–Kier alpha value is -1.93. The molecule has 0 aliphatic carbocycles. The van der Waals surface area contributed by atoms with E-state index < -0.39 is 30.4 Å². The molecule has 0 saturated heterocycles. The number of anilines is 1. The number of aliphatic carboxylic acids is 1. The van der Waals surface area contributed by atoms with Crippen LogP contribution in [0.5, 0.6) is 0 Å². The number of ether oxygens (including phenoxy) is 1. The number of hydrogen-bond donors (Lipinski definition) is 3. The van der Waals surface area contributed by atoms with Crippen LogP contribution in [0.2, 0.25) is 0 Å². The largest absolute Gasteiger partial charge is 0.481 e. The van der Waals surface area contributed by atoms with E-state index in [0.29, 0.717) is 0 Å². The number of nitrogens with one attached hydrogen (secondary N) is 1. The Morgan fingerprint density at radius 3 is 1.69 bits per heavy atom. The van der Waals surface area contributed by atoms with Crippen LogP contribution < -0.4 is 5.32 Å². The first-order chi connectivity index (χ1) is 16.9. The lowest BCUT2D eigenvalue weighted by atomic mass is 10.0. The first-order valence-electron chi connectivity index (χ1n) is 13.0. The Morgan fingerprint density at radius 1 is 0.771 bits per heavy atom. The second-order valence-electron chi connectivity index (χ2n) is 8.97. The number of carboxylic acids is 1. The lowest BCUT2D eigenvalue weighted by Gasteiger charge is -2.09. The fourth-order valence-corrected chi connectivity index (χ4v) is 4.16. The molecule has 0 spiro atoms. The number of carboxylic acid groups (broad SMARTS) is 1. The summed E-state index contributed by atoms with van der Waals surface area (Å²) >= 11 is 3.48. The van der Waals surface area contributed by atoms with Gasteiger partial charge in [0, 0.05) is 17.6 Å². The molecule has 1 unspecified atom stereocenters. The molecule has 1 aromatic carbocycles. The van der Waals surface area contributed by atoms with Crippen molar-refractivity contribution in [3.05, 3.63) is 29.8 Å². The Kier molecular flexibility index (Phi) is 18.0. The molecular weight excluding hydrogens is 514 g/mol. The van der Waals surface area contributed by atoms with Gasteiger partial charge in [-0.15, -0.1) is 0 Å². The van der Waals surface area contributed by atoms with Gasteiger partial charge in [-0.3, -0.25) is 4.79 Å². The average Bonchev–Trinajstić information content (AvgIpc) is 2.83. The molecule has 1 rings (SSSR count). The van der Waals surface area contributed by atoms with E-state index in [1.807, 2.05) is 0 Å². The SMILES string of the molecule is O=C(O)CC(O)C(=O)OC(=O)c1ccc(NCCCCCCCCCCCCCCCCBr)cc1. The third kappa shape index (κ3) is 16.4. The summed E-state index contributed by atoms with van der Waals surface area (Å²) in [5.41, 5.74) is 1.01. The van der Waals surface area contributed by atoms with Gasteiger partial charge in [-0.2, -0.15) is 0 Å². The number of esters is 2. The lowest BCUT2D eigenvalue weighted by Crippen LogP contribution is -2.28. The summed E-state index contributed by atoms with van der Waals surface area (Å²) in [7, 11) is 0. The molecule has 8 heteroatoms. The van der Waals surface area contributed by atoms with E-state index in [4.69, 9.17) is 5.11 Å². The van der Waals surface area contributed by atoms with Crippen molar-refractivity contribution in [3.63, 3.8) is 0 Å². The predicted molar refractivity (Wildman–Crippen MR) is 142 cm³/mol. The normalized spacial score (nSPS) is 11.7. The van der Waals surface area contributed by atoms with Crippen molar-refractivity contribution in [3.8, 4) is 0 Å². The molecule has 0 aromatic heterocycles. The molecule has 0 amide bonds. The van der Waals surface area contributed by atoms with Gasteiger partial charge in [0.2, 0.25) is 0 Å². The van der Waals surface area contributed by atoms with Crippen molar-refractivity contribution in [2.24, 2.45) is 0 Å². The van der Waals surface area contributed by atoms with Gasteiger partial charge in [-0.1, -0.05) is 93.0 Å². The maximum atomic E-state index is 12.0. The second kappa shape index (κ2) is 20.3. The van der Waals surface area contributed by atoms with E-state index in [2.05, 4.69) is 26.0 Å². The van der Waals surface area contributed by atoms with Crippen LogP contribution in [0, 0.1) is 0 Å². The first kappa shape index (κ1) is 31.1. The van der Waals surface area contributed by atoms with E-state index in [1.54, 1.807) is 12.1 Å². The molecule has 1 atom stereocenters. The average molecular weight is 557 g/mol. The molecule has 1 aromatic rings. The highest BCUT2D eigenvalue weighted by atomic mass is 79.9.